The lowest BCUT2D eigenvalue weighted by atomic mass is 9.80. The first kappa shape index (κ1) is 23.4. The van der Waals surface area contributed by atoms with Crippen molar-refractivity contribution >= 4 is 44.9 Å². The number of carbonyl (C=O) groups excluding carboxylic acids is 3. The number of nitrogens with zero attached hydrogens (tertiary/aromatic N) is 2. The number of rotatable bonds is 7. The van der Waals surface area contributed by atoms with Gasteiger partial charge in [0.25, 0.3) is 5.91 Å². The Balaban J connectivity index is 1.45. The van der Waals surface area contributed by atoms with E-state index in [0.29, 0.717) is 25.2 Å². The van der Waals surface area contributed by atoms with Crippen LogP contribution in [0.4, 0.5) is 10.5 Å². The second kappa shape index (κ2) is 8.88. The summed E-state index contributed by atoms with van der Waals surface area (Å²) in [6.07, 6.45) is 2.16. The minimum Gasteiger partial charge on any atom is -0.325 e. The molecule has 1 saturated heterocycles. The smallest absolute Gasteiger partial charge is 0.325 e. The predicted octanol–water partition coefficient (Wildman–Crippen LogP) is 2.50. The molecular weight excluding hydrogens is 464 g/mol. The second-order valence-corrected chi connectivity index (χ2v) is 10.9. The molecule has 1 aromatic carbocycles. The molecule has 2 N–H and O–H groups in total. The highest BCUT2D eigenvalue weighted by Gasteiger charge is 2.54. The molecule has 1 aromatic heterocycles. The molecule has 0 unspecified atom stereocenters. The summed E-state index contributed by atoms with van der Waals surface area (Å²) >= 11 is 1.57. The summed E-state index contributed by atoms with van der Waals surface area (Å²) in [5, 5.41) is 7.36. The van der Waals surface area contributed by atoms with Gasteiger partial charge in [0.2, 0.25) is 15.9 Å². The zero-order valence-corrected chi connectivity index (χ0v) is 20.1. The van der Waals surface area contributed by atoms with Gasteiger partial charge in [-0.3, -0.25) is 14.5 Å². The van der Waals surface area contributed by atoms with Gasteiger partial charge in [-0.15, -0.1) is 11.3 Å². The molecule has 1 spiro atoms. The number of sulfonamides is 1. The summed E-state index contributed by atoms with van der Waals surface area (Å²) in [4.78, 5) is 40.6. The number of amides is 4. The Kier molecular flexibility index (Phi) is 6.30. The van der Waals surface area contributed by atoms with Gasteiger partial charge < -0.3 is 10.6 Å². The Hall–Kier alpha value is -2.76. The summed E-state index contributed by atoms with van der Waals surface area (Å²) < 4.78 is 26.5. The number of urea groups is 1. The van der Waals surface area contributed by atoms with Crippen molar-refractivity contribution in [2.45, 2.75) is 43.5 Å². The van der Waals surface area contributed by atoms with E-state index in [1.165, 1.54) is 28.6 Å². The zero-order chi connectivity index (χ0) is 23.8. The molecule has 2 heterocycles. The summed E-state index contributed by atoms with van der Waals surface area (Å²) in [5.74, 6) is -0.959. The van der Waals surface area contributed by atoms with Crippen LogP contribution in [0.5, 0.6) is 0 Å². The Morgan fingerprint density at radius 1 is 1.18 bits per heavy atom. The SMILES string of the molecule is CCN(CC)S(=O)(=O)c1ccc(NC(=O)CN2C(=O)N[C@@]3(CCCc4sccc43)C2=O)cc1. The molecule has 1 fully saturated rings. The minimum absolute atomic E-state index is 0.129. The predicted molar refractivity (Wildman–Crippen MR) is 124 cm³/mol. The minimum atomic E-state index is -3.60. The van der Waals surface area contributed by atoms with E-state index in [9.17, 15) is 22.8 Å². The first-order valence-corrected chi connectivity index (χ1v) is 13.2. The third kappa shape index (κ3) is 4.04. The number of imide groups is 1. The number of hydrogen-bond acceptors (Lipinski definition) is 6. The van der Waals surface area contributed by atoms with Crippen molar-refractivity contribution in [2.24, 2.45) is 0 Å². The molecule has 0 radical (unpaired) electrons. The lowest BCUT2D eigenvalue weighted by Gasteiger charge is -2.31. The van der Waals surface area contributed by atoms with Crippen LogP contribution >= 0.6 is 11.3 Å². The zero-order valence-electron chi connectivity index (χ0n) is 18.5. The number of carbonyl (C=O) groups is 3. The van der Waals surface area contributed by atoms with Gasteiger partial charge in [0.15, 0.2) is 0 Å². The van der Waals surface area contributed by atoms with Crippen LogP contribution in [-0.4, -0.2) is 55.1 Å². The molecule has 1 aliphatic heterocycles. The summed E-state index contributed by atoms with van der Waals surface area (Å²) in [6, 6.07) is 7.10. The fourth-order valence-corrected chi connectivity index (χ4v) is 6.91. The van der Waals surface area contributed by atoms with Crippen LogP contribution in [0, 0.1) is 0 Å². The molecule has 1 aliphatic carbocycles. The van der Waals surface area contributed by atoms with Crippen molar-refractivity contribution < 1.29 is 22.8 Å². The van der Waals surface area contributed by atoms with Crippen LogP contribution in [0.15, 0.2) is 40.6 Å². The Morgan fingerprint density at radius 3 is 2.55 bits per heavy atom. The first-order chi connectivity index (χ1) is 15.7. The molecule has 1 atom stereocenters. The number of benzene rings is 1. The fraction of sp³-hybridized carbons (Fsp3) is 0.409. The van der Waals surface area contributed by atoms with E-state index in [4.69, 9.17) is 0 Å². The summed E-state index contributed by atoms with van der Waals surface area (Å²) in [5.41, 5.74) is 0.105. The van der Waals surface area contributed by atoms with Crippen molar-refractivity contribution in [1.29, 1.82) is 0 Å². The van der Waals surface area contributed by atoms with E-state index in [0.717, 1.165) is 28.2 Å². The molecule has 11 heteroatoms. The number of anilines is 1. The maximum absolute atomic E-state index is 13.2. The molecule has 9 nitrogen and oxygen atoms in total. The van der Waals surface area contributed by atoms with Gasteiger partial charge >= 0.3 is 6.03 Å². The van der Waals surface area contributed by atoms with Gasteiger partial charge in [-0.05, 0) is 55.0 Å². The maximum Gasteiger partial charge on any atom is 0.325 e. The molecule has 4 rings (SSSR count). The van der Waals surface area contributed by atoms with E-state index in [2.05, 4.69) is 10.6 Å². The van der Waals surface area contributed by atoms with Crippen molar-refractivity contribution in [3.8, 4) is 0 Å². The molecule has 2 aromatic rings. The molecule has 0 saturated carbocycles. The standard InChI is InChI=1S/C22H26N4O5S2/c1-3-25(4-2)33(30,31)16-9-7-15(8-10-16)23-19(27)14-26-20(28)22(24-21(26)29)12-5-6-18-17(22)11-13-32-18/h7-11,13H,3-6,12,14H2,1-2H3,(H,23,27)(H,24,29)/t22-/m1/s1. The summed E-state index contributed by atoms with van der Waals surface area (Å²) in [7, 11) is -3.60. The van der Waals surface area contributed by atoms with Crippen molar-refractivity contribution in [3.05, 3.63) is 46.2 Å². The normalized spacial score (nSPS) is 20.3. The first-order valence-electron chi connectivity index (χ1n) is 10.8. The highest BCUT2D eigenvalue weighted by atomic mass is 32.2. The lowest BCUT2D eigenvalue weighted by Crippen LogP contribution is -2.46. The van der Waals surface area contributed by atoms with Gasteiger partial charge in [-0.2, -0.15) is 4.31 Å². The number of aryl methyl sites for hydroxylation is 1. The van der Waals surface area contributed by atoms with E-state index in [-0.39, 0.29) is 4.90 Å². The average Bonchev–Trinajstić information content (AvgIpc) is 3.35. The molecule has 0 bridgehead atoms. The fourth-order valence-electron chi connectivity index (χ4n) is 4.45. The van der Waals surface area contributed by atoms with E-state index in [1.54, 1.807) is 25.2 Å². The van der Waals surface area contributed by atoms with Crippen molar-refractivity contribution in [2.75, 3.05) is 25.0 Å². The largest absolute Gasteiger partial charge is 0.325 e. The second-order valence-electron chi connectivity index (χ2n) is 8.00. The topological polar surface area (TPSA) is 116 Å². The van der Waals surface area contributed by atoms with Gasteiger partial charge in [0.1, 0.15) is 12.1 Å². The van der Waals surface area contributed by atoms with Crippen molar-refractivity contribution in [1.82, 2.24) is 14.5 Å². The molecular formula is C22H26N4O5S2. The highest BCUT2D eigenvalue weighted by molar-refractivity contribution is 7.89. The van der Waals surface area contributed by atoms with Crippen LogP contribution in [0.1, 0.15) is 37.1 Å². The molecule has 2 aliphatic rings. The maximum atomic E-state index is 13.2. The van der Waals surface area contributed by atoms with E-state index in [1.807, 2.05) is 11.4 Å². The third-order valence-electron chi connectivity index (χ3n) is 6.12. The number of hydrogen-bond donors (Lipinski definition) is 2. The lowest BCUT2D eigenvalue weighted by molar-refractivity contribution is -0.134. The monoisotopic (exact) mass is 490 g/mol. The highest BCUT2D eigenvalue weighted by Crippen LogP contribution is 2.42. The van der Waals surface area contributed by atoms with Gasteiger partial charge in [0.05, 0.1) is 4.90 Å². The Bertz CT molecular complexity index is 1190. The molecule has 33 heavy (non-hydrogen) atoms. The quantitative estimate of drug-likeness (QED) is 0.579. The van der Waals surface area contributed by atoms with Crippen LogP contribution in [0.2, 0.25) is 0 Å². The molecule has 176 valence electrons. The number of nitrogens with one attached hydrogen (secondary N) is 2. The molecule has 4 amide bonds. The van der Waals surface area contributed by atoms with Crippen LogP contribution in [0.25, 0.3) is 0 Å². The van der Waals surface area contributed by atoms with Gasteiger partial charge in [-0.25, -0.2) is 13.2 Å². The Morgan fingerprint density at radius 2 is 1.88 bits per heavy atom. The van der Waals surface area contributed by atoms with Gasteiger partial charge in [-0.1, -0.05) is 13.8 Å². The van der Waals surface area contributed by atoms with Crippen LogP contribution in [0.3, 0.4) is 0 Å². The Labute approximate surface area is 196 Å². The van der Waals surface area contributed by atoms with Crippen LogP contribution in [-0.2, 0) is 31.6 Å². The van der Waals surface area contributed by atoms with Crippen LogP contribution < -0.4 is 10.6 Å². The van der Waals surface area contributed by atoms with E-state index >= 15 is 0 Å². The number of thiophene rings is 1. The van der Waals surface area contributed by atoms with Crippen molar-refractivity contribution in [3.63, 3.8) is 0 Å². The summed E-state index contributed by atoms with van der Waals surface area (Å²) in [6.45, 7) is 3.82. The average molecular weight is 491 g/mol. The third-order valence-corrected chi connectivity index (χ3v) is 9.16. The van der Waals surface area contributed by atoms with Gasteiger partial charge in [0, 0.05) is 29.2 Å². The number of fused-ring (bicyclic) bond motifs is 2. The van der Waals surface area contributed by atoms with E-state index < -0.39 is 40.0 Å².